The summed E-state index contributed by atoms with van der Waals surface area (Å²) in [6, 6.07) is 2.96. The van der Waals surface area contributed by atoms with Gasteiger partial charge in [-0.3, -0.25) is 9.59 Å². The molecule has 0 aromatic carbocycles. The Bertz CT molecular complexity index is 486. The highest BCUT2D eigenvalue weighted by Crippen LogP contribution is 2.30. The Morgan fingerprint density at radius 2 is 2.11 bits per heavy atom. The molecule has 0 radical (unpaired) electrons. The number of alkyl halides is 1. The number of hydrogen-bond acceptors (Lipinski definition) is 2. The molecular formula is C14H19BrN2O2. The Morgan fingerprint density at radius 1 is 1.37 bits per heavy atom. The van der Waals surface area contributed by atoms with Gasteiger partial charge in [0.2, 0.25) is 5.56 Å². The highest BCUT2D eigenvalue weighted by atomic mass is 79.9. The van der Waals surface area contributed by atoms with Crippen LogP contribution in [0.25, 0.3) is 0 Å². The molecule has 19 heavy (non-hydrogen) atoms. The minimum Gasteiger partial charge on any atom is -0.352 e. The zero-order valence-corrected chi connectivity index (χ0v) is 12.4. The van der Waals surface area contributed by atoms with E-state index in [0.717, 1.165) is 5.33 Å². The summed E-state index contributed by atoms with van der Waals surface area (Å²) < 4.78 is 0. The third-order valence-corrected chi connectivity index (χ3v) is 4.66. The fraction of sp³-hybridized carbons (Fsp3) is 0.571. The quantitative estimate of drug-likeness (QED) is 0.834. The number of pyridine rings is 1. The summed E-state index contributed by atoms with van der Waals surface area (Å²) in [7, 11) is 0. The van der Waals surface area contributed by atoms with Crippen LogP contribution < -0.4 is 10.9 Å². The second-order valence-corrected chi connectivity index (χ2v) is 5.76. The van der Waals surface area contributed by atoms with Gasteiger partial charge in [0.05, 0.1) is 0 Å². The number of amides is 1. The number of H-pyrrole nitrogens is 1. The van der Waals surface area contributed by atoms with E-state index < -0.39 is 0 Å². The van der Waals surface area contributed by atoms with E-state index >= 15 is 0 Å². The van der Waals surface area contributed by atoms with Crippen molar-refractivity contribution in [3.05, 3.63) is 34.2 Å². The van der Waals surface area contributed by atoms with Crippen molar-refractivity contribution in [1.82, 2.24) is 10.3 Å². The molecule has 104 valence electrons. The van der Waals surface area contributed by atoms with E-state index in [1.165, 1.54) is 37.9 Å². The van der Waals surface area contributed by atoms with E-state index in [9.17, 15) is 9.59 Å². The maximum Gasteiger partial charge on any atom is 0.251 e. The molecule has 1 aliphatic carbocycles. The van der Waals surface area contributed by atoms with Crippen LogP contribution in [0.15, 0.2) is 23.1 Å². The third-order valence-electron chi connectivity index (χ3n) is 3.83. The lowest BCUT2D eigenvalue weighted by molar-refractivity contribution is 0.0936. The summed E-state index contributed by atoms with van der Waals surface area (Å²) >= 11 is 3.55. The van der Waals surface area contributed by atoms with Crippen molar-refractivity contribution in [3.63, 3.8) is 0 Å². The highest BCUT2D eigenvalue weighted by molar-refractivity contribution is 9.09. The number of rotatable bonds is 4. The Balaban J connectivity index is 1.91. The lowest BCUT2D eigenvalue weighted by Crippen LogP contribution is -2.35. The molecule has 2 unspecified atom stereocenters. The predicted molar refractivity (Wildman–Crippen MR) is 78.6 cm³/mol. The van der Waals surface area contributed by atoms with Crippen molar-refractivity contribution in [2.24, 2.45) is 11.8 Å². The van der Waals surface area contributed by atoms with Crippen LogP contribution in [-0.4, -0.2) is 22.8 Å². The number of hydrogen-bond donors (Lipinski definition) is 2. The van der Waals surface area contributed by atoms with E-state index in [2.05, 4.69) is 26.2 Å². The van der Waals surface area contributed by atoms with Gasteiger partial charge >= 0.3 is 0 Å². The standard InChI is InChI=1S/C14H19BrN2O2/c15-8-11-3-1-2-4-12(11)9-17-14(19)10-5-6-16-13(18)7-10/h5-7,11-12H,1-4,8-9H2,(H,16,18)(H,17,19). The lowest BCUT2D eigenvalue weighted by atomic mass is 9.80. The first-order chi connectivity index (χ1) is 9.20. The van der Waals surface area contributed by atoms with Crippen LogP contribution in [0.3, 0.4) is 0 Å². The van der Waals surface area contributed by atoms with Crippen LogP contribution in [0.2, 0.25) is 0 Å². The molecular weight excluding hydrogens is 308 g/mol. The van der Waals surface area contributed by atoms with E-state index in [0.29, 0.717) is 23.9 Å². The summed E-state index contributed by atoms with van der Waals surface area (Å²) in [5.74, 6) is 1.03. The van der Waals surface area contributed by atoms with Crippen molar-refractivity contribution in [2.45, 2.75) is 25.7 Å². The van der Waals surface area contributed by atoms with E-state index in [1.54, 1.807) is 6.07 Å². The molecule has 1 aromatic heterocycles. The van der Waals surface area contributed by atoms with Crippen LogP contribution in [0.5, 0.6) is 0 Å². The van der Waals surface area contributed by atoms with Crippen LogP contribution in [0, 0.1) is 11.8 Å². The fourth-order valence-corrected chi connectivity index (χ4v) is 3.52. The van der Waals surface area contributed by atoms with Crippen LogP contribution in [0.1, 0.15) is 36.0 Å². The van der Waals surface area contributed by atoms with E-state index in [-0.39, 0.29) is 11.5 Å². The van der Waals surface area contributed by atoms with Gasteiger partial charge in [0.15, 0.2) is 0 Å². The number of halogens is 1. The summed E-state index contributed by atoms with van der Waals surface area (Å²) in [5.41, 5.74) is 0.179. The van der Waals surface area contributed by atoms with Gasteiger partial charge in [0.1, 0.15) is 0 Å². The van der Waals surface area contributed by atoms with Gasteiger partial charge in [-0.25, -0.2) is 0 Å². The molecule has 2 N–H and O–H groups in total. The SMILES string of the molecule is O=C(NCC1CCCCC1CBr)c1cc[nH]c(=O)c1. The topological polar surface area (TPSA) is 62.0 Å². The van der Waals surface area contributed by atoms with Crippen molar-refractivity contribution in [2.75, 3.05) is 11.9 Å². The number of aromatic nitrogens is 1. The van der Waals surface area contributed by atoms with Crippen LogP contribution >= 0.6 is 15.9 Å². The fourth-order valence-electron chi connectivity index (χ4n) is 2.67. The first kappa shape index (κ1) is 14.3. The molecule has 0 aliphatic heterocycles. The first-order valence-corrected chi connectivity index (χ1v) is 7.85. The largest absolute Gasteiger partial charge is 0.352 e. The molecule has 4 nitrogen and oxygen atoms in total. The molecule has 0 bridgehead atoms. The molecule has 1 saturated carbocycles. The maximum absolute atomic E-state index is 12.0. The van der Waals surface area contributed by atoms with Gasteiger partial charge in [0, 0.05) is 29.7 Å². The van der Waals surface area contributed by atoms with Gasteiger partial charge < -0.3 is 10.3 Å². The van der Waals surface area contributed by atoms with Gasteiger partial charge in [-0.15, -0.1) is 0 Å². The lowest BCUT2D eigenvalue weighted by Gasteiger charge is -2.30. The Hall–Kier alpha value is -1.10. The molecule has 0 saturated heterocycles. The smallest absolute Gasteiger partial charge is 0.251 e. The number of carbonyl (C=O) groups excluding carboxylic acids is 1. The minimum absolute atomic E-state index is 0.162. The molecule has 1 amide bonds. The minimum atomic E-state index is -0.247. The zero-order valence-electron chi connectivity index (χ0n) is 10.8. The Kier molecular flexibility index (Phi) is 5.19. The molecule has 1 fully saturated rings. The molecule has 1 heterocycles. The summed E-state index contributed by atoms with van der Waals surface area (Å²) in [4.78, 5) is 25.6. The molecule has 0 spiro atoms. The number of aromatic amines is 1. The molecule has 1 aromatic rings. The maximum atomic E-state index is 12.0. The average Bonchev–Trinajstić information content (AvgIpc) is 2.45. The van der Waals surface area contributed by atoms with Crippen molar-refractivity contribution in [3.8, 4) is 0 Å². The van der Waals surface area contributed by atoms with Crippen molar-refractivity contribution in [1.29, 1.82) is 0 Å². The number of carbonyl (C=O) groups is 1. The van der Waals surface area contributed by atoms with E-state index in [1.807, 2.05) is 0 Å². The second kappa shape index (κ2) is 6.89. The predicted octanol–water partition coefficient (Wildman–Crippen LogP) is 2.31. The van der Waals surface area contributed by atoms with Gasteiger partial charge in [-0.1, -0.05) is 28.8 Å². The van der Waals surface area contributed by atoms with E-state index in [4.69, 9.17) is 0 Å². The normalized spacial score (nSPS) is 23.0. The first-order valence-electron chi connectivity index (χ1n) is 6.73. The van der Waals surface area contributed by atoms with Gasteiger partial charge in [0.25, 0.3) is 5.91 Å². The highest BCUT2D eigenvalue weighted by Gasteiger charge is 2.24. The molecule has 2 rings (SSSR count). The average molecular weight is 327 g/mol. The Labute approximate surface area is 121 Å². The number of nitrogens with one attached hydrogen (secondary N) is 2. The summed E-state index contributed by atoms with van der Waals surface area (Å²) in [6.45, 7) is 0.696. The summed E-state index contributed by atoms with van der Waals surface area (Å²) in [5, 5.41) is 3.95. The molecule has 1 aliphatic rings. The van der Waals surface area contributed by atoms with Crippen LogP contribution in [0.4, 0.5) is 0 Å². The van der Waals surface area contributed by atoms with Crippen molar-refractivity contribution < 1.29 is 4.79 Å². The Morgan fingerprint density at radius 3 is 2.79 bits per heavy atom. The zero-order chi connectivity index (χ0) is 13.7. The third kappa shape index (κ3) is 3.93. The molecule has 5 heteroatoms. The monoisotopic (exact) mass is 326 g/mol. The molecule has 2 atom stereocenters. The van der Waals surface area contributed by atoms with Crippen LogP contribution in [-0.2, 0) is 0 Å². The second-order valence-electron chi connectivity index (χ2n) is 5.11. The van der Waals surface area contributed by atoms with Crippen molar-refractivity contribution >= 4 is 21.8 Å². The van der Waals surface area contributed by atoms with Gasteiger partial charge in [-0.05, 0) is 30.7 Å². The van der Waals surface area contributed by atoms with Gasteiger partial charge in [-0.2, -0.15) is 0 Å². The summed E-state index contributed by atoms with van der Waals surface area (Å²) in [6.07, 6.45) is 6.44.